The van der Waals surface area contributed by atoms with Crippen molar-refractivity contribution in [2.45, 2.75) is 154 Å². The summed E-state index contributed by atoms with van der Waals surface area (Å²) < 4.78 is 21.7. The van der Waals surface area contributed by atoms with E-state index in [4.69, 9.17) is 61.8 Å². The molecule has 0 spiro atoms. The number of likely N-dealkylation sites (tertiary alicyclic amines) is 4. The Labute approximate surface area is 796 Å². The first-order chi connectivity index (χ1) is 65.2. The maximum atomic E-state index is 6.13. The first-order valence-electron chi connectivity index (χ1n) is 53.1. The van der Waals surface area contributed by atoms with E-state index in [9.17, 15) is 0 Å². The number of aromatic nitrogens is 4. The van der Waals surface area contributed by atoms with Crippen LogP contribution in [0.3, 0.4) is 0 Å². The average molecular weight is 1840 g/mol. The molecule has 0 aromatic carbocycles. The Hall–Kier alpha value is -6.44. The van der Waals surface area contributed by atoms with Crippen molar-refractivity contribution < 1.29 is 18.9 Å². The molecule has 0 amide bonds. The van der Waals surface area contributed by atoms with Crippen LogP contribution in [0.4, 0.5) is 68.8 Å². The lowest BCUT2D eigenvalue weighted by Crippen LogP contribution is -2.45. The summed E-state index contributed by atoms with van der Waals surface area (Å²) in [6.07, 6.45) is 38.7. The Morgan fingerprint density at radius 3 is 0.644 bits per heavy atom. The van der Waals surface area contributed by atoms with Crippen LogP contribution >= 0.6 is 0 Å². The molecule has 16 heterocycles. The van der Waals surface area contributed by atoms with Crippen molar-refractivity contribution in [3.8, 4) is 0 Å². The number of nitrogens with zero attached hydrogens (tertiary/aromatic N) is 20. The summed E-state index contributed by atoms with van der Waals surface area (Å²) in [5, 5.41) is 14.5. The first kappa shape index (κ1) is 103. The number of nitrogens with one attached hydrogen (secondary N) is 4. The van der Waals surface area contributed by atoms with Crippen LogP contribution in [0, 0.1) is 0 Å². The van der Waals surface area contributed by atoms with Crippen LogP contribution in [0.15, 0.2) is 49.1 Å². The summed E-state index contributed by atoms with van der Waals surface area (Å²) in [4.78, 5) is 59.1. The lowest BCUT2D eigenvalue weighted by molar-refractivity contribution is 0.0371. The lowest BCUT2D eigenvalue weighted by atomic mass is 10.1. The van der Waals surface area contributed by atoms with Crippen molar-refractivity contribution in [1.82, 2.24) is 80.4 Å². The fourth-order valence-electron chi connectivity index (χ4n) is 21.0. The SMILES string of the molecule is Nc1cnc2c(c1)N(CCCCCCN1CCCC1)CCN2CCNCCCN1CCCC1.Nc1cnc2c(c1)N(CCCCCCN1CCOCC1)CCN2CCNCCCN1CCOCC1.Nc1cnc2c(c1)N(CCCCCN1CCCC1)CCN2CCNCCN1CCCC1.Nc1cnc2c(c1)N(CCCCCN1CCOCC1)CCN2CCNCCN1CCOCC1. The van der Waals surface area contributed by atoms with Gasteiger partial charge < -0.3 is 122 Å². The highest BCUT2D eigenvalue weighted by Gasteiger charge is 2.30. The molecule has 0 aliphatic carbocycles. The molecular weight excluding hydrogens is 1660 g/mol. The van der Waals surface area contributed by atoms with E-state index in [-0.39, 0.29) is 0 Å². The summed E-state index contributed by atoms with van der Waals surface area (Å²) in [5.74, 6) is 4.40. The standard InChI is InChI=1S/C26H47N7O2.C26H47N7.C24H43N7O2.C24H43N7/c27-24-22-25-26(29-23-24)33(11-7-28-6-5-9-31-16-20-35-21-17-31)13-12-32(25)10-4-2-1-3-8-30-14-18-34-19-15-30;27-24-22-25-26(29-23-24)33(19-11-28-10-9-17-31-15-7-8-16-31)21-20-32(25)18-4-2-1-3-12-30-13-5-6-14-30;25-22-20-23-24(27-21-22)31(9-5-26-4-8-29-14-18-33-19-15-29)11-10-30(23)7-3-1-2-6-28-12-16-32-17-13-28;25-22-20-23-24(27-21-22)31(17-9-26-8-16-29-13-6-7-14-29)19-18-30(23)15-3-1-2-10-28-11-4-5-12-28/h22-23,28H,1-21,27H2;22-23,28H,1-21,27H2;20-21,26H,1-19,25H2;20-21,26H,1-19,25H2. The van der Waals surface area contributed by atoms with Gasteiger partial charge in [0.05, 0.1) is 123 Å². The van der Waals surface area contributed by atoms with Crippen molar-refractivity contribution in [2.24, 2.45) is 0 Å². The molecule has 16 rings (SSSR count). The van der Waals surface area contributed by atoms with Crippen LogP contribution in [-0.2, 0) is 18.9 Å². The molecule has 32 heteroatoms. The normalized spacial score (nSPS) is 19.9. The molecule has 132 heavy (non-hydrogen) atoms. The molecule has 32 nitrogen and oxygen atoms in total. The van der Waals surface area contributed by atoms with Gasteiger partial charge in [-0.05, 0) is 245 Å². The van der Waals surface area contributed by atoms with E-state index < -0.39 is 0 Å². The van der Waals surface area contributed by atoms with Gasteiger partial charge in [0, 0.05) is 209 Å². The monoisotopic (exact) mass is 1840 g/mol. The van der Waals surface area contributed by atoms with Crippen molar-refractivity contribution >= 4 is 68.8 Å². The zero-order chi connectivity index (χ0) is 90.9. The second-order valence-corrected chi connectivity index (χ2v) is 39.0. The van der Waals surface area contributed by atoms with Crippen molar-refractivity contribution in [3.63, 3.8) is 0 Å². The number of nitrogens with two attached hydrogens (primary N) is 4. The van der Waals surface area contributed by atoms with Gasteiger partial charge in [0.1, 0.15) is 0 Å². The second kappa shape index (κ2) is 60.3. The highest BCUT2D eigenvalue weighted by molar-refractivity contribution is 5.76. The molecule has 0 bridgehead atoms. The molecule has 12 aliphatic heterocycles. The Morgan fingerprint density at radius 1 is 0.197 bits per heavy atom. The Kier molecular flexibility index (Phi) is 47.0. The fourth-order valence-corrected chi connectivity index (χ4v) is 21.0. The predicted molar refractivity (Wildman–Crippen MR) is 549 cm³/mol. The molecule has 12 aliphatic rings. The number of unbranched alkanes of at least 4 members (excludes halogenated alkanes) is 10. The molecule has 0 unspecified atom stereocenters. The minimum Gasteiger partial charge on any atom is -0.397 e. The summed E-state index contributed by atoms with van der Waals surface area (Å²) in [5.41, 5.74) is 32.4. The highest BCUT2D eigenvalue weighted by Crippen LogP contribution is 2.37. The number of hydrogen-bond donors (Lipinski definition) is 8. The number of anilines is 12. The van der Waals surface area contributed by atoms with E-state index >= 15 is 0 Å². The smallest absolute Gasteiger partial charge is 0.152 e. The van der Waals surface area contributed by atoms with Crippen LogP contribution in [-0.4, -0.2) is 426 Å². The van der Waals surface area contributed by atoms with Gasteiger partial charge in [0.25, 0.3) is 0 Å². The average Bonchev–Trinajstić information content (AvgIpc) is 0.987. The largest absolute Gasteiger partial charge is 0.397 e. The molecule has 0 atom stereocenters. The third-order valence-electron chi connectivity index (χ3n) is 29.0. The summed E-state index contributed by atoms with van der Waals surface area (Å²) in [6.45, 7) is 60.7. The topological polar surface area (TPSA) is 293 Å². The third kappa shape index (κ3) is 36.5. The fraction of sp³-hybridized carbons (Fsp3) is 0.800. The third-order valence-corrected chi connectivity index (χ3v) is 29.0. The van der Waals surface area contributed by atoms with Crippen LogP contribution in [0.1, 0.15) is 154 Å². The Balaban J connectivity index is 0.000000150. The van der Waals surface area contributed by atoms with E-state index in [2.05, 4.69) is 124 Å². The number of pyridine rings is 4. The second-order valence-electron chi connectivity index (χ2n) is 39.0. The molecular formula is C100H180N28O4. The van der Waals surface area contributed by atoms with Gasteiger partial charge >= 0.3 is 0 Å². The van der Waals surface area contributed by atoms with Crippen molar-refractivity contribution in [3.05, 3.63) is 49.1 Å². The van der Waals surface area contributed by atoms with Gasteiger partial charge in [0.2, 0.25) is 0 Å². The number of hydrogen-bond acceptors (Lipinski definition) is 32. The summed E-state index contributed by atoms with van der Waals surface area (Å²) in [7, 11) is 0. The number of ether oxygens (including phenoxy) is 4. The molecule has 0 saturated carbocycles. The molecule has 8 fully saturated rings. The maximum Gasteiger partial charge on any atom is 0.152 e. The quantitative estimate of drug-likeness (QED) is 0.0199. The Morgan fingerprint density at radius 2 is 0.386 bits per heavy atom. The van der Waals surface area contributed by atoms with Crippen LogP contribution in [0.5, 0.6) is 0 Å². The molecule has 744 valence electrons. The van der Waals surface area contributed by atoms with Crippen LogP contribution < -0.4 is 83.4 Å². The van der Waals surface area contributed by atoms with E-state index in [0.717, 1.165) is 321 Å². The van der Waals surface area contributed by atoms with Gasteiger partial charge in [-0.2, -0.15) is 0 Å². The zero-order valence-electron chi connectivity index (χ0n) is 82.1. The van der Waals surface area contributed by atoms with Gasteiger partial charge in [-0.25, -0.2) is 19.9 Å². The molecule has 8 saturated heterocycles. The van der Waals surface area contributed by atoms with Crippen molar-refractivity contribution in [2.75, 3.05) is 429 Å². The number of morpholine rings is 4. The zero-order valence-corrected chi connectivity index (χ0v) is 82.1. The van der Waals surface area contributed by atoms with Crippen LogP contribution in [0.2, 0.25) is 0 Å². The molecule has 4 aromatic rings. The molecule has 4 aromatic heterocycles. The highest BCUT2D eigenvalue weighted by atomic mass is 16.5. The van der Waals surface area contributed by atoms with Gasteiger partial charge in [-0.1, -0.05) is 38.5 Å². The Bertz CT molecular complexity index is 3710. The summed E-state index contributed by atoms with van der Waals surface area (Å²) in [6, 6.07) is 8.47. The van der Waals surface area contributed by atoms with Gasteiger partial charge in [-0.3, -0.25) is 19.6 Å². The van der Waals surface area contributed by atoms with Gasteiger partial charge in [-0.15, -0.1) is 0 Å². The minimum atomic E-state index is 0.747. The summed E-state index contributed by atoms with van der Waals surface area (Å²) >= 11 is 0. The van der Waals surface area contributed by atoms with E-state index in [1.807, 2.05) is 12.4 Å². The maximum absolute atomic E-state index is 6.13. The molecule has 12 N–H and O–H groups in total. The number of rotatable bonds is 52. The minimum absolute atomic E-state index is 0.747. The number of nitrogen functional groups attached to an aromatic ring is 4. The van der Waals surface area contributed by atoms with Crippen molar-refractivity contribution in [1.29, 1.82) is 0 Å². The van der Waals surface area contributed by atoms with E-state index in [0.29, 0.717) is 0 Å². The number of fused-ring (bicyclic) bond motifs is 4. The van der Waals surface area contributed by atoms with E-state index in [1.54, 1.807) is 12.4 Å². The van der Waals surface area contributed by atoms with E-state index in [1.165, 1.54) is 268 Å². The molecule has 0 radical (unpaired) electrons. The lowest BCUT2D eigenvalue weighted by Gasteiger charge is -2.38. The predicted octanol–water partition coefficient (Wildman–Crippen LogP) is 7.47. The first-order valence-corrected chi connectivity index (χ1v) is 53.1. The van der Waals surface area contributed by atoms with Crippen LogP contribution in [0.25, 0.3) is 0 Å². The van der Waals surface area contributed by atoms with Gasteiger partial charge in [0.15, 0.2) is 23.3 Å².